The Bertz CT molecular complexity index is 1040. The van der Waals surface area contributed by atoms with Gasteiger partial charge in [-0.25, -0.2) is 0 Å². The number of nitrogens with one attached hydrogen (secondary N) is 2. The SMILES string of the molecule is COc1ccc(C(CNC(=O)CCn2c(-c3cccs3)n[nH]c2=S)N2CCCC2)cc1. The molecule has 1 aliphatic heterocycles. The van der Waals surface area contributed by atoms with E-state index >= 15 is 0 Å². The Morgan fingerprint density at radius 1 is 1.29 bits per heavy atom. The van der Waals surface area contributed by atoms with Gasteiger partial charge >= 0.3 is 0 Å². The third-order valence-corrected chi connectivity index (χ3v) is 6.81. The smallest absolute Gasteiger partial charge is 0.221 e. The average molecular weight is 458 g/mol. The fraction of sp³-hybridized carbons (Fsp3) is 0.409. The predicted molar refractivity (Wildman–Crippen MR) is 125 cm³/mol. The standard InChI is InChI=1S/C22H27N5O2S2/c1-29-17-8-6-16(7-9-17)18(26-11-2-3-12-26)15-23-20(28)10-13-27-21(24-25-22(27)30)19-5-4-14-31-19/h4-9,14,18H,2-3,10-13,15H2,1H3,(H,23,28)(H,25,30). The van der Waals surface area contributed by atoms with Crippen molar-refractivity contribution in [2.24, 2.45) is 0 Å². The molecule has 0 saturated carbocycles. The van der Waals surface area contributed by atoms with Crippen molar-refractivity contribution in [2.45, 2.75) is 31.8 Å². The lowest BCUT2D eigenvalue weighted by atomic mass is 10.1. The number of benzene rings is 1. The maximum absolute atomic E-state index is 12.7. The fourth-order valence-corrected chi connectivity index (χ4v) is 4.91. The van der Waals surface area contributed by atoms with Crippen molar-refractivity contribution in [1.29, 1.82) is 0 Å². The minimum atomic E-state index is 0.0120. The van der Waals surface area contributed by atoms with E-state index in [2.05, 4.69) is 32.5 Å². The molecule has 7 nitrogen and oxygen atoms in total. The number of thiophene rings is 1. The monoisotopic (exact) mass is 457 g/mol. The second-order valence-corrected chi connectivity index (χ2v) is 8.90. The number of rotatable bonds is 9. The van der Waals surface area contributed by atoms with Gasteiger partial charge in [-0.1, -0.05) is 18.2 Å². The van der Waals surface area contributed by atoms with Crippen LogP contribution in [0.5, 0.6) is 5.75 Å². The van der Waals surface area contributed by atoms with Gasteiger partial charge in [0, 0.05) is 19.5 Å². The molecule has 1 unspecified atom stereocenters. The van der Waals surface area contributed by atoms with Gasteiger partial charge in [0.25, 0.3) is 0 Å². The minimum Gasteiger partial charge on any atom is -0.497 e. The van der Waals surface area contributed by atoms with Crippen molar-refractivity contribution in [2.75, 3.05) is 26.7 Å². The number of methoxy groups -OCH3 is 1. The number of aromatic nitrogens is 3. The lowest BCUT2D eigenvalue weighted by Crippen LogP contribution is -2.37. The highest BCUT2D eigenvalue weighted by Gasteiger charge is 2.24. The number of hydrogen-bond acceptors (Lipinski definition) is 6. The van der Waals surface area contributed by atoms with Gasteiger partial charge in [0.1, 0.15) is 5.75 Å². The van der Waals surface area contributed by atoms with Crippen molar-refractivity contribution in [1.82, 2.24) is 25.0 Å². The van der Waals surface area contributed by atoms with Crippen molar-refractivity contribution in [3.05, 3.63) is 52.1 Å². The quantitative estimate of drug-likeness (QED) is 0.475. The highest BCUT2D eigenvalue weighted by molar-refractivity contribution is 7.71. The van der Waals surface area contributed by atoms with Crippen LogP contribution < -0.4 is 10.1 Å². The minimum absolute atomic E-state index is 0.0120. The molecule has 0 radical (unpaired) electrons. The second-order valence-electron chi connectivity index (χ2n) is 7.57. The Kier molecular flexibility index (Phi) is 7.16. The van der Waals surface area contributed by atoms with Crippen LogP contribution in [-0.2, 0) is 11.3 Å². The molecule has 3 heterocycles. The van der Waals surface area contributed by atoms with E-state index in [1.807, 2.05) is 34.2 Å². The summed E-state index contributed by atoms with van der Waals surface area (Å²) in [6.07, 6.45) is 2.75. The molecule has 1 fully saturated rings. The van der Waals surface area contributed by atoms with Crippen LogP contribution in [0.3, 0.4) is 0 Å². The summed E-state index contributed by atoms with van der Waals surface area (Å²) >= 11 is 6.96. The number of nitrogens with zero attached hydrogens (tertiary/aromatic N) is 3. The Labute approximate surface area is 191 Å². The molecule has 1 aromatic carbocycles. The summed E-state index contributed by atoms with van der Waals surface area (Å²) in [6.45, 7) is 3.19. The van der Waals surface area contributed by atoms with Gasteiger partial charge < -0.3 is 10.1 Å². The van der Waals surface area contributed by atoms with Crippen molar-refractivity contribution < 1.29 is 9.53 Å². The van der Waals surface area contributed by atoms with Crippen LogP contribution in [0.15, 0.2) is 41.8 Å². The summed E-state index contributed by atoms with van der Waals surface area (Å²) in [5, 5.41) is 12.3. The molecule has 1 saturated heterocycles. The fourth-order valence-electron chi connectivity index (χ4n) is 3.97. The molecule has 31 heavy (non-hydrogen) atoms. The molecule has 1 aliphatic rings. The van der Waals surface area contributed by atoms with E-state index in [-0.39, 0.29) is 11.9 Å². The van der Waals surface area contributed by atoms with Crippen LogP contribution in [0.2, 0.25) is 0 Å². The van der Waals surface area contributed by atoms with Crippen LogP contribution in [0.1, 0.15) is 30.9 Å². The first kappa shape index (κ1) is 21.7. The third kappa shape index (κ3) is 5.23. The number of likely N-dealkylation sites (tertiary alicyclic amines) is 1. The highest BCUT2D eigenvalue weighted by Crippen LogP contribution is 2.26. The summed E-state index contributed by atoms with van der Waals surface area (Å²) in [5.41, 5.74) is 1.19. The number of amides is 1. The van der Waals surface area contributed by atoms with E-state index in [0.717, 1.165) is 29.5 Å². The van der Waals surface area contributed by atoms with Crippen LogP contribution in [-0.4, -0.2) is 52.3 Å². The lowest BCUT2D eigenvalue weighted by Gasteiger charge is -2.28. The molecule has 3 aromatic rings. The largest absolute Gasteiger partial charge is 0.497 e. The third-order valence-electron chi connectivity index (χ3n) is 5.64. The van der Waals surface area contributed by atoms with Gasteiger partial charge in [0.2, 0.25) is 5.91 Å². The molecule has 9 heteroatoms. The van der Waals surface area contributed by atoms with Gasteiger partial charge in [0.05, 0.1) is 18.0 Å². The Morgan fingerprint density at radius 3 is 2.74 bits per heavy atom. The predicted octanol–water partition coefficient (Wildman–Crippen LogP) is 4.02. The van der Waals surface area contributed by atoms with Gasteiger partial charge in [-0.3, -0.25) is 19.4 Å². The lowest BCUT2D eigenvalue weighted by molar-refractivity contribution is -0.121. The number of ether oxygens (including phenoxy) is 1. The molecular formula is C22H27N5O2S2. The molecule has 0 bridgehead atoms. The van der Waals surface area contributed by atoms with E-state index in [1.54, 1.807) is 18.4 Å². The summed E-state index contributed by atoms with van der Waals surface area (Å²) in [6, 6.07) is 12.3. The number of carbonyl (C=O) groups excluding carboxylic acids is 1. The number of H-pyrrole nitrogens is 1. The molecule has 1 atom stereocenters. The molecule has 1 amide bonds. The van der Waals surface area contributed by atoms with Crippen LogP contribution in [0, 0.1) is 4.77 Å². The summed E-state index contributed by atoms with van der Waals surface area (Å²) < 4.78 is 7.71. The van der Waals surface area contributed by atoms with E-state index in [9.17, 15) is 4.79 Å². The number of carbonyl (C=O) groups is 1. The Morgan fingerprint density at radius 2 is 2.06 bits per heavy atom. The highest BCUT2D eigenvalue weighted by atomic mass is 32.1. The van der Waals surface area contributed by atoms with Crippen molar-refractivity contribution in [3.8, 4) is 16.5 Å². The first-order valence-electron chi connectivity index (χ1n) is 10.5. The van der Waals surface area contributed by atoms with Gasteiger partial charge in [-0.05, 0) is 67.3 Å². The Balaban J connectivity index is 1.38. The van der Waals surface area contributed by atoms with E-state index < -0.39 is 0 Å². The zero-order chi connectivity index (χ0) is 21.6. The zero-order valence-electron chi connectivity index (χ0n) is 17.5. The van der Waals surface area contributed by atoms with Crippen LogP contribution >= 0.6 is 23.6 Å². The molecular weight excluding hydrogens is 430 g/mol. The van der Waals surface area contributed by atoms with Crippen molar-refractivity contribution >= 4 is 29.5 Å². The summed E-state index contributed by atoms with van der Waals surface area (Å²) in [7, 11) is 1.67. The van der Waals surface area contributed by atoms with Gasteiger partial charge in [0.15, 0.2) is 10.6 Å². The first-order chi connectivity index (χ1) is 15.2. The van der Waals surface area contributed by atoms with Crippen LogP contribution in [0.25, 0.3) is 10.7 Å². The average Bonchev–Trinajstić information content (AvgIpc) is 3.55. The van der Waals surface area contributed by atoms with E-state index in [4.69, 9.17) is 17.0 Å². The maximum atomic E-state index is 12.7. The van der Waals surface area contributed by atoms with Crippen LogP contribution in [0.4, 0.5) is 0 Å². The Hall–Kier alpha value is -2.49. The molecule has 0 aliphatic carbocycles. The molecule has 2 N–H and O–H groups in total. The second kappa shape index (κ2) is 10.2. The molecule has 4 rings (SSSR count). The van der Waals surface area contributed by atoms with E-state index in [0.29, 0.717) is 24.3 Å². The van der Waals surface area contributed by atoms with E-state index in [1.165, 1.54) is 18.4 Å². The summed E-state index contributed by atoms with van der Waals surface area (Å²) in [4.78, 5) is 16.2. The number of hydrogen-bond donors (Lipinski definition) is 2. The molecule has 0 spiro atoms. The number of aromatic amines is 1. The normalized spacial score (nSPS) is 15.1. The summed E-state index contributed by atoms with van der Waals surface area (Å²) in [5.74, 6) is 1.63. The molecule has 164 valence electrons. The molecule has 2 aromatic heterocycles. The maximum Gasteiger partial charge on any atom is 0.221 e. The zero-order valence-corrected chi connectivity index (χ0v) is 19.2. The van der Waals surface area contributed by atoms with Gasteiger partial charge in [-0.15, -0.1) is 11.3 Å². The topological polar surface area (TPSA) is 75.2 Å². The van der Waals surface area contributed by atoms with Gasteiger partial charge in [-0.2, -0.15) is 5.10 Å². The first-order valence-corrected chi connectivity index (χ1v) is 11.8. The van der Waals surface area contributed by atoms with Crippen molar-refractivity contribution in [3.63, 3.8) is 0 Å².